The van der Waals surface area contributed by atoms with Crippen LogP contribution < -0.4 is 10.6 Å². The van der Waals surface area contributed by atoms with Gasteiger partial charge < -0.3 is 0 Å². The highest BCUT2D eigenvalue weighted by atomic mass is 16.1. The Morgan fingerprint density at radius 2 is 1.95 bits per heavy atom. The summed E-state index contributed by atoms with van der Waals surface area (Å²) in [6.45, 7) is 0. The molecule has 19 heavy (non-hydrogen) atoms. The third-order valence-electron chi connectivity index (χ3n) is 3.37. The summed E-state index contributed by atoms with van der Waals surface area (Å²) in [5.41, 5.74) is 1.73. The number of carbonyl (C=O) groups excluding carboxylic acids is 1. The summed E-state index contributed by atoms with van der Waals surface area (Å²) in [7, 11) is 0. The van der Waals surface area contributed by atoms with E-state index in [9.17, 15) is 4.79 Å². The summed E-state index contributed by atoms with van der Waals surface area (Å²) in [4.78, 5) is 16.0. The van der Waals surface area contributed by atoms with E-state index in [2.05, 4.69) is 21.2 Å². The Balaban J connectivity index is 2.23. The minimum absolute atomic E-state index is 0.103. The number of fused-ring (bicyclic) bond motifs is 4. The topological polar surface area (TPSA) is 55.7 Å². The molecule has 0 atom stereocenters. The third-order valence-corrected chi connectivity index (χ3v) is 3.37. The molecule has 0 unspecified atom stereocenters. The van der Waals surface area contributed by atoms with E-state index in [1.54, 1.807) is 12.3 Å². The van der Waals surface area contributed by atoms with Crippen LogP contribution in [0, 0.1) is 0 Å². The van der Waals surface area contributed by atoms with Crippen LogP contribution in [-0.2, 0) is 4.79 Å². The van der Waals surface area contributed by atoms with Crippen LogP contribution >= 0.6 is 0 Å². The SMILES string of the molecule is O=C1C=c2nc3ccc4nnccc4c3cc2=CC1. The number of hydrogen-bond donors (Lipinski definition) is 0. The van der Waals surface area contributed by atoms with Crippen molar-refractivity contribution in [3.63, 3.8) is 0 Å². The monoisotopic (exact) mass is 247 g/mol. The Morgan fingerprint density at radius 1 is 1.05 bits per heavy atom. The molecule has 0 aliphatic heterocycles. The summed E-state index contributed by atoms with van der Waals surface area (Å²) < 4.78 is 0. The highest BCUT2D eigenvalue weighted by Gasteiger charge is 2.06. The molecule has 0 bridgehead atoms. The van der Waals surface area contributed by atoms with Gasteiger partial charge in [-0.1, -0.05) is 6.08 Å². The molecular formula is C15H9N3O. The van der Waals surface area contributed by atoms with Crippen LogP contribution in [-0.4, -0.2) is 21.0 Å². The third kappa shape index (κ3) is 1.53. The van der Waals surface area contributed by atoms with E-state index in [-0.39, 0.29) is 5.78 Å². The summed E-state index contributed by atoms with van der Waals surface area (Å²) in [6, 6.07) is 7.83. The fraction of sp³-hybridized carbons (Fsp3) is 0.0667. The van der Waals surface area contributed by atoms with Gasteiger partial charge in [-0.3, -0.25) is 4.79 Å². The molecule has 2 heterocycles. The second-order valence-electron chi connectivity index (χ2n) is 4.58. The van der Waals surface area contributed by atoms with Crippen molar-refractivity contribution in [2.45, 2.75) is 6.42 Å². The Labute approximate surface area is 108 Å². The summed E-state index contributed by atoms with van der Waals surface area (Å²) >= 11 is 0. The lowest BCUT2D eigenvalue weighted by atomic mass is 10.1. The molecule has 0 amide bonds. The zero-order valence-corrected chi connectivity index (χ0v) is 10.00. The predicted octanol–water partition coefficient (Wildman–Crippen LogP) is 0.712. The molecule has 3 aromatic rings. The molecule has 2 aromatic heterocycles. The number of aromatic nitrogens is 3. The molecule has 0 saturated heterocycles. The van der Waals surface area contributed by atoms with Crippen molar-refractivity contribution in [1.29, 1.82) is 0 Å². The Hall–Kier alpha value is -2.62. The van der Waals surface area contributed by atoms with Crippen LogP contribution in [0.1, 0.15) is 6.42 Å². The molecule has 0 radical (unpaired) electrons. The number of carbonyl (C=O) groups is 1. The van der Waals surface area contributed by atoms with Crippen molar-refractivity contribution in [3.05, 3.63) is 41.0 Å². The minimum atomic E-state index is 0.103. The highest BCUT2D eigenvalue weighted by molar-refractivity contribution is 6.10. The van der Waals surface area contributed by atoms with E-state index < -0.39 is 0 Å². The van der Waals surface area contributed by atoms with Gasteiger partial charge in [0.2, 0.25) is 0 Å². The molecule has 0 saturated carbocycles. The van der Waals surface area contributed by atoms with E-state index in [1.165, 1.54) is 0 Å². The average Bonchev–Trinajstić information content (AvgIpc) is 2.45. The van der Waals surface area contributed by atoms with Gasteiger partial charge in [0.25, 0.3) is 0 Å². The number of hydrogen-bond acceptors (Lipinski definition) is 4. The molecule has 4 nitrogen and oxygen atoms in total. The van der Waals surface area contributed by atoms with Gasteiger partial charge in [0.05, 0.1) is 22.6 Å². The number of pyridine rings is 1. The smallest absolute Gasteiger partial charge is 0.161 e. The van der Waals surface area contributed by atoms with Gasteiger partial charge in [-0.05, 0) is 29.5 Å². The molecule has 1 aliphatic rings. The first kappa shape index (κ1) is 10.3. The molecule has 0 spiro atoms. The fourth-order valence-electron chi connectivity index (χ4n) is 2.45. The number of Topliss-reactive ketones (excluding diaryl/α,β-unsaturated/α-hetero) is 1. The lowest BCUT2D eigenvalue weighted by Gasteiger charge is -2.04. The van der Waals surface area contributed by atoms with Gasteiger partial charge in [-0.25, -0.2) is 4.98 Å². The van der Waals surface area contributed by atoms with Crippen LogP contribution in [0.25, 0.3) is 34.0 Å². The van der Waals surface area contributed by atoms with Gasteiger partial charge >= 0.3 is 0 Å². The standard InChI is InChI=1S/C15H9N3O/c19-10-2-1-9-7-12-11-5-6-16-18-14(11)4-3-13(12)17-15(9)8-10/h1,3-8H,2H2. The molecule has 4 heteroatoms. The second kappa shape index (κ2) is 3.68. The summed E-state index contributed by atoms with van der Waals surface area (Å²) in [5, 5.41) is 11.8. The lowest BCUT2D eigenvalue weighted by molar-refractivity contribution is -0.112. The van der Waals surface area contributed by atoms with Crippen LogP contribution in [0.15, 0.2) is 30.5 Å². The van der Waals surface area contributed by atoms with Gasteiger partial charge in [0, 0.05) is 23.3 Å². The number of nitrogens with zero attached hydrogens (tertiary/aromatic N) is 3. The van der Waals surface area contributed by atoms with Crippen molar-refractivity contribution >= 4 is 39.7 Å². The van der Waals surface area contributed by atoms with E-state index in [1.807, 2.05) is 24.3 Å². The molecule has 1 aromatic carbocycles. The number of benzene rings is 1. The first-order valence-electron chi connectivity index (χ1n) is 6.07. The van der Waals surface area contributed by atoms with Gasteiger partial charge in [-0.15, -0.1) is 0 Å². The zero-order chi connectivity index (χ0) is 12.8. The van der Waals surface area contributed by atoms with Gasteiger partial charge in [-0.2, -0.15) is 10.2 Å². The maximum Gasteiger partial charge on any atom is 0.161 e. The second-order valence-corrected chi connectivity index (χ2v) is 4.58. The van der Waals surface area contributed by atoms with E-state index >= 15 is 0 Å². The quantitative estimate of drug-likeness (QED) is 0.549. The van der Waals surface area contributed by atoms with Crippen LogP contribution in [0.3, 0.4) is 0 Å². The van der Waals surface area contributed by atoms with Gasteiger partial charge in [0.15, 0.2) is 5.78 Å². The fourth-order valence-corrected chi connectivity index (χ4v) is 2.45. The van der Waals surface area contributed by atoms with Crippen molar-refractivity contribution < 1.29 is 4.79 Å². The molecule has 0 N–H and O–H groups in total. The van der Waals surface area contributed by atoms with Crippen molar-refractivity contribution in [2.75, 3.05) is 0 Å². The zero-order valence-electron chi connectivity index (χ0n) is 10.00. The average molecular weight is 247 g/mol. The molecule has 0 fully saturated rings. The van der Waals surface area contributed by atoms with E-state index in [0.717, 1.165) is 32.4 Å². The largest absolute Gasteiger partial charge is 0.294 e. The maximum atomic E-state index is 11.4. The normalized spacial score (nSPS) is 14.0. The van der Waals surface area contributed by atoms with E-state index in [0.29, 0.717) is 6.42 Å². The van der Waals surface area contributed by atoms with Crippen LogP contribution in [0.5, 0.6) is 0 Å². The van der Waals surface area contributed by atoms with Crippen LogP contribution in [0.2, 0.25) is 0 Å². The number of ketones is 1. The first-order chi connectivity index (χ1) is 9.31. The Kier molecular flexibility index (Phi) is 2.00. The highest BCUT2D eigenvalue weighted by Crippen LogP contribution is 2.19. The predicted molar refractivity (Wildman–Crippen MR) is 72.6 cm³/mol. The van der Waals surface area contributed by atoms with Gasteiger partial charge in [0.1, 0.15) is 0 Å². The molecule has 90 valence electrons. The Morgan fingerprint density at radius 3 is 2.89 bits per heavy atom. The minimum Gasteiger partial charge on any atom is -0.294 e. The lowest BCUT2D eigenvalue weighted by Crippen LogP contribution is -2.32. The molecule has 1 aliphatic carbocycles. The molecule has 4 rings (SSSR count). The van der Waals surface area contributed by atoms with Crippen molar-refractivity contribution in [3.8, 4) is 0 Å². The Bertz CT molecular complexity index is 960. The van der Waals surface area contributed by atoms with E-state index in [4.69, 9.17) is 0 Å². The van der Waals surface area contributed by atoms with Crippen LogP contribution in [0.4, 0.5) is 0 Å². The number of rotatable bonds is 0. The molecular weight excluding hydrogens is 238 g/mol. The maximum absolute atomic E-state index is 11.4. The van der Waals surface area contributed by atoms with Crippen molar-refractivity contribution in [2.24, 2.45) is 0 Å². The first-order valence-corrected chi connectivity index (χ1v) is 6.07. The van der Waals surface area contributed by atoms with Crippen molar-refractivity contribution in [1.82, 2.24) is 15.2 Å². The summed E-state index contributed by atoms with van der Waals surface area (Å²) in [6.07, 6.45) is 5.67. The summed E-state index contributed by atoms with van der Waals surface area (Å²) in [5.74, 6) is 0.103.